The molecule has 2 aliphatic rings. The SMILES string of the molecule is CCOC(=O)CC[C@@]1(CC)CCC(=O)N2CCc3c(n(C(=O)OC(C)(C)C)c4ccccc34)[C@H]21. The van der Waals surface area contributed by atoms with Crippen LogP contribution in [0.5, 0.6) is 0 Å². The molecule has 2 atom stereocenters. The van der Waals surface area contributed by atoms with E-state index in [1.807, 2.05) is 49.9 Å². The number of aromatic nitrogens is 1. The highest BCUT2D eigenvalue weighted by atomic mass is 16.6. The summed E-state index contributed by atoms with van der Waals surface area (Å²) < 4.78 is 12.8. The lowest BCUT2D eigenvalue weighted by Gasteiger charge is -2.52. The monoisotopic (exact) mass is 468 g/mol. The third kappa shape index (κ3) is 4.21. The number of esters is 1. The number of hydrogen-bond donors (Lipinski definition) is 0. The molecule has 2 aliphatic heterocycles. The highest BCUT2D eigenvalue weighted by Gasteiger charge is 2.51. The molecular weight excluding hydrogens is 432 g/mol. The summed E-state index contributed by atoms with van der Waals surface area (Å²) in [6.07, 6.45) is 3.07. The van der Waals surface area contributed by atoms with Crippen LogP contribution >= 0.6 is 0 Å². The van der Waals surface area contributed by atoms with E-state index in [0.29, 0.717) is 45.3 Å². The fourth-order valence-corrected chi connectivity index (χ4v) is 5.81. The van der Waals surface area contributed by atoms with Gasteiger partial charge in [-0.2, -0.15) is 0 Å². The number of nitrogens with zero attached hydrogens (tertiary/aromatic N) is 2. The first kappa shape index (κ1) is 24.3. The Kier molecular flexibility index (Phi) is 6.49. The van der Waals surface area contributed by atoms with Gasteiger partial charge in [0.1, 0.15) is 5.60 Å². The number of piperidine rings is 1. The maximum atomic E-state index is 13.6. The number of rotatable bonds is 5. The summed E-state index contributed by atoms with van der Waals surface area (Å²) in [7, 11) is 0. The molecule has 0 unspecified atom stereocenters. The fourth-order valence-electron chi connectivity index (χ4n) is 5.81. The lowest BCUT2D eigenvalue weighted by Crippen LogP contribution is -2.53. The van der Waals surface area contributed by atoms with Crippen LogP contribution < -0.4 is 0 Å². The molecule has 1 amide bonds. The molecule has 1 aromatic heterocycles. The zero-order valence-corrected chi connectivity index (χ0v) is 21.0. The van der Waals surface area contributed by atoms with Crippen molar-refractivity contribution >= 4 is 28.9 Å². The second kappa shape index (κ2) is 9.08. The van der Waals surface area contributed by atoms with E-state index in [9.17, 15) is 14.4 Å². The van der Waals surface area contributed by atoms with Gasteiger partial charge in [-0.3, -0.25) is 9.59 Å². The van der Waals surface area contributed by atoms with E-state index >= 15 is 0 Å². The van der Waals surface area contributed by atoms with Crippen LogP contribution in [0.1, 0.15) is 84.0 Å². The highest BCUT2D eigenvalue weighted by molar-refractivity contribution is 5.95. The van der Waals surface area contributed by atoms with Crippen molar-refractivity contribution in [3.63, 3.8) is 0 Å². The van der Waals surface area contributed by atoms with Crippen molar-refractivity contribution in [2.75, 3.05) is 13.2 Å². The summed E-state index contributed by atoms with van der Waals surface area (Å²) in [5, 5.41) is 1.02. The van der Waals surface area contributed by atoms with E-state index < -0.39 is 11.7 Å². The number of benzene rings is 1. The van der Waals surface area contributed by atoms with Crippen LogP contribution in [0.3, 0.4) is 0 Å². The van der Waals surface area contributed by atoms with Gasteiger partial charge in [-0.15, -0.1) is 0 Å². The van der Waals surface area contributed by atoms with Gasteiger partial charge in [0, 0.05) is 24.8 Å². The van der Waals surface area contributed by atoms with Crippen LogP contribution in [0.25, 0.3) is 10.9 Å². The number of hydrogen-bond acceptors (Lipinski definition) is 5. The maximum Gasteiger partial charge on any atom is 0.419 e. The third-order valence-electron chi connectivity index (χ3n) is 7.34. The molecule has 7 heteroatoms. The average Bonchev–Trinajstić information content (AvgIpc) is 3.13. The molecule has 2 aromatic rings. The normalized spacial score (nSPS) is 22.3. The van der Waals surface area contributed by atoms with Crippen LogP contribution in [0, 0.1) is 5.41 Å². The number of carbonyl (C=O) groups excluding carboxylic acids is 3. The topological polar surface area (TPSA) is 77.8 Å². The smallest absolute Gasteiger partial charge is 0.419 e. The summed E-state index contributed by atoms with van der Waals surface area (Å²) in [5.41, 5.74) is 1.77. The van der Waals surface area contributed by atoms with Gasteiger partial charge in [0.25, 0.3) is 0 Å². The van der Waals surface area contributed by atoms with Gasteiger partial charge < -0.3 is 14.4 Å². The van der Waals surface area contributed by atoms with Crippen molar-refractivity contribution in [3.05, 3.63) is 35.5 Å². The van der Waals surface area contributed by atoms with Gasteiger partial charge in [0.2, 0.25) is 5.91 Å². The second-order valence-corrected chi connectivity index (χ2v) is 10.5. The van der Waals surface area contributed by atoms with Gasteiger partial charge in [-0.05, 0) is 70.4 Å². The molecule has 7 nitrogen and oxygen atoms in total. The molecule has 4 rings (SSSR count). The first-order valence-corrected chi connectivity index (χ1v) is 12.4. The van der Waals surface area contributed by atoms with Crippen LogP contribution in [-0.2, 0) is 25.5 Å². The molecule has 3 heterocycles. The van der Waals surface area contributed by atoms with Gasteiger partial charge in [0.15, 0.2) is 0 Å². The molecule has 0 N–H and O–H groups in total. The Labute approximate surface area is 201 Å². The Hall–Kier alpha value is -2.83. The van der Waals surface area contributed by atoms with Gasteiger partial charge >= 0.3 is 12.1 Å². The first-order valence-electron chi connectivity index (χ1n) is 12.4. The van der Waals surface area contributed by atoms with Crippen LogP contribution in [0.4, 0.5) is 4.79 Å². The Balaban J connectivity index is 1.90. The molecule has 0 bridgehead atoms. The van der Waals surface area contributed by atoms with E-state index in [2.05, 4.69) is 6.92 Å². The van der Waals surface area contributed by atoms with Crippen molar-refractivity contribution in [2.24, 2.45) is 5.41 Å². The maximum absolute atomic E-state index is 13.6. The molecule has 0 saturated carbocycles. The standard InChI is InChI=1S/C27H36N2O5/c1-6-27(16-13-22(31)33-7-2)15-12-21(30)28-17-14-19-18-10-8-9-11-20(18)29(23(19)24(27)28)25(32)34-26(3,4)5/h8-11,24H,6-7,12-17H2,1-5H3/t24-,27+/m0/s1. The molecule has 0 aliphatic carbocycles. The Morgan fingerprint density at radius 2 is 1.88 bits per heavy atom. The summed E-state index contributed by atoms with van der Waals surface area (Å²) in [4.78, 5) is 40.9. The first-order chi connectivity index (χ1) is 16.1. The second-order valence-electron chi connectivity index (χ2n) is 10.5. The van der Waals surface area contributed by atoms with Crippen molar-refractivity contribution in [1.82, 2.24) is 9.47 Å². The van der Waals surface area contributed by atoms with E-state index in [1.165, 1.54) is 0 Å². The van der Waals surface area contributed by atoms with Crippen LogP contribution in [0.2, 0.25) is 0 Å². The fraction of sp³-hybridized carbons (Fsp3) is 0.593. The van der Waals surface area contributed by atoms with Crippen LogP contribution in [-0.4, -0.2) is 46.2 Å². The number of carbonyl (C=O) groups is 3. The molecule has 0 spiro atoms. The van der Waals surface area contributed by atoms with Gasteiger partial charge in [-0.25, -0.2) is 9.36 Å². The molecule has 184 valence electrons. The van der Waals surface area contributed by atoms with Gasteiger partial charge in [-0.1, -0.05) is 25.1 Å². The summed E-state index contributed by atoms with van der Waals surface area (Å²) in [5.74, 6) is -0.112. The molecule has 1 saturated heterocycles. The lowest BCUT2D eigenvalue weighted by molar-refractivity contribution is -0.148. The van der Waals surface area contributed by atoms with E-state index in [0.717, 1.165) is 28.6 Å². The summed E-state index contributed by atoms with van der Waals surface area (Å²) in [6, 6.07) is 7.60. The molecule has 1 aromatic carbocycles. The molecule has 34 heavy (non-hydrogen) atoms. The molecule has 1 fully saturated rings. The Morgan fingerprint density at radius 1 is 1.15 bits per heavy atom. The predicted molar refractivity (Wildman–Crippen MR) is 130 cm³/mol. The van der Waals surface area contributed by atoms with Crippen LogP contribution in [0.15, 0.2) is 24.3 Å². The Bertz CT molecular complexity index is 1110. The van der Waals surface area contributed by atoms with E-state index in [-0.39, 0.29) is 23.3 Å². The predicted octanol–water partition coefficient (Wildman–Crippen LogP) is 5.38. The zero-order valence-electron chi connectivity index (χ0n) is 21.0. The minimum atomic E-state index is -0.655. The van der Waals surface area contributed by atoms with Crippen molar-refractivity contribution in [2.45, 2.75) is 84.8 Å². The Morgan fingerprint density at radius 3 is 2.56 bits per heavy atom. The highest BCUT2D eigenvalue weighted by Crippen LogP contribution is 2.55. The summed E-state index contributed by atoms with van der Waals surface area (Å²) in [6.45, 7) is 10.5. The summed E-state index contributed by atoms with van der Waals surface area (Å²) >= 11 is 0. The van der Waals surface area contributed by atoms with Crippen molar-refractivity contribution in [1.29, 1.82) is 0 Å². The quantitative estimate of drug-likeness (QED) is 0.550. The van der Waals surface area contributed by atoms with E-state index in [4.69, 9.17) is 9.47 Å². The molecular formula is C27H36N2O5. The number of fused-ring (bicyclic) bond motifs is 5. The molecule has 0 radical (unpaired) electrons. The van der Waals surface area contributed by atoms with E-state index in [1.54, 1.807) is 11.5 Å². The largest absolute Gasteiger partial charge is 0.466 e. The van der Waals surface area contributed by atoms with Crippen molar-refractivity contribution < 1.29 is 23.9 Å². The number of ether oxygens (including phenoxy) is 2. The minimum absolute atomic E-state index is 0.108. The average molecular weight is 469 g/mol. The lowest BCUT2D eigenvalue weighted by atomic mass is 9.65. The zero-order chi connectivity index (χ0) is 24.7. The minimum Gasteiger partial charge on any atom is -0.466 e. The number of para-hydroxylation sites is 1. The third-order valence-corrected chi connectivity index (χ3v) is 7.34. The number of amides is 1. The van der Waals surface area contributed by atoms with Gasteiger partial charge in [0.05, 0.1) is 23.9 Å². The van der Waals surface area contributed by atoms with Crippen molar-refractivity contribution in [3.8, 4) is 0 Å².